The van der Waals surface area contributed by atoms with E-state index in [9.17, 15) is 0 Å². The molecule has 0 aromatic rings. The van der Waals surface area contributed by atoms with Crippen molar-refractivity contribution in [2.45, 2.75) is 34.1 Å². The largest absolute Gasteiger partial charge is 0.0871 e. The van der Waals surface area contributed by atoms with Crippen molar-refractivity contribution in [3.05, 3.63) is 70.9 Å². The molecule has 0 unspecified atom stereocenters. The van der Waals surface area contributed by atoms with Crippen molar-refractivity contribution in [2.24, 2.45) is 0 Å². The monoisotopic (exact) mass is 226 g/mol. The van der Waals surface area contributed by atoms with Crippen molar-refractivity contribution < 1.29 is 0 Å². The first-order valence-electron chi connectivity index (χ1n) is 6.20. The molecule has 0 atom stereocenters. The molecular weight excluding hydrogens is 204 g/mol. The fourth-order valence-electron chi connectivity index (χ4n) is 1.73. The van der Waals surface area contributed by atoms with E-state index < -0.39 is 0 Å². The Bertz CT molecular complexity index is 421. The van der Waals surface area contributed by atoms with E-state index in [1.54, 1.807) is 0 Å². The lowest BCUT2D eigenvalue weighted by atomic mass is 9.96. The van der Waals surface area contributed by atoms with E-state index in [1.807, 2.05) is 0 Å². The molecule has 0 N–H and O–H groups in total. The van der Waals surface area contributed by atoms with Crippen LogP contribution in [0, 0.1) is 0 Å². The van der Waals surface area contributed by atoms with Crippen LogP contribution in [0.4, 0.5) is 0 Å². The van der Waals surface area contributed by atoms with Gasteiger partial charge in [-0.1, -0.05) is 54.2 Å². The Balaban J connectivity index is 3.15. The van der Waals surface area contributed by atoms with Crippen LogP contribution in [0.3, 0.4) is 0 Å². The van der Waals surface area contributed by atoms with Crippen molar-refractivity contribution in [2.75, 3.05) is 0 Å². The molecule has 0 spiro atoms. The highest BCUT2D eigenvalue weighted by atomic mass is 14.1. The molecular formula is C17H22. The molecule has 90 valence electrons. The molecule has 0 saturated heterocycles. The lowest BCUT2D eigenvalue weighted by Gasteiger charge is -2.09. The lowest BCUT2D eigenvalue weighted by molar-refractivity contribution is 1.29. The van der Waals surface area contributed by atoms with Crippen LogP contribution >= 0.6 is 0 Å². The molecule has 0 aromatic heterocycles. The summed E-state index contributed by atoms with van der Waals surface area (Å²) in [5.41, 5.74) is 5.22. The topological polar surface area (TPSA) is 0 Å². The first-order chi connectivity index (χ1) is 8.19. The summed E-state index contributed by atoms with van der Waals surface area (Å²) in [4.78, 5) is 0. The molecule has 0 fully saturated rings. The number of rotatable bonds is 3. The highest BCUT2D eigenvalue weighted by Gasteiger charge is 2.02. The van der Waals surface area contributed by atoms with E-state index in [0.29, 0.717) is 0 Å². The molecule has 17 heavy (non-hydrogen) atoms. The molecule has 0 bridgehead atoms. The van der Waals surface area contributed by atoms with Crippen molar-refractivity contribution in [3.63, 3.8) is 0 Å². The van der Waals surface area contributed by atoms with Gasteiger partial charge in [0.2, 0.25) is 0 Å². The van der Waals surface area contributed by atoms with Gasteiger partial charge in [0.05, 0.1) is 0 Å². The second kappa shape index (κ2) is 6.90. The van der Waals surface area contributed by atoms with Gasteiger partial charge < -0.3 is 0 Å². The zero-order valence-electron chi connectivity index (χ0n) is 11.3. The van der Waals surface area contributed by atoms with E-state index in [1.165, 1.54) is 22.3 Å². The summed E-state index contributed by atoms with van der Waals surface area (Å²) >= 11 is 0. The zero-order valence-corrected chi connectivity index (χ0v) is 11.3. The Morgan fingerprint density at radius 1 is 1.12 bits per heavy atom. The van der Waals surface area contributed by atoms with E-state index in [4.69, 9.17) is 0 Å². The maximum Gasteiger partial charge on any atom is -0.0162 e. The molecule has 1 aliphatic rings. The van der Waals surface area contributed by atoms with Crippen LogP contribution in [-0.2, 0) is 0 Å². The fraction of sp³-hybridized carbons (Fsp3) is 0.294. The third-order valence-corrected chi connectivity index (χ3v) is 2.92. The Kier molecular flexibility index (Phi) is 5.48. The third-order valence-electron chi connectivity index (χ3n) is 2.92. The predicted molar refractivity (Wildman–Crippen MR) is 77.9 cm³/mol. The maximum atomic E-state index is 2.23. The highest BCUT2D eigenvalue weighted by molar-refractivity contribution is 5.51. The number of allylic oxidation sites excluding steroid dienone is 12. The molecule has 0 saturated carbocycles. The summed E-state index contributed by atoms with van der Waals surface area (Å²) in [7, 11) is 0. The van der Waals surface area contributed by atoms with Gasteiger partial charge in [-0.2, -0.15) is 0 Å². The quantitative estimate of drug-likeness (QED) is 0.574. The first kappa shape index (κ1) is 13.5. The third kappa shape index (κ3) is 4.07. The van der Waals surface area contributed by atoms with Crippen LogP contribution in [0.5, 0.6) is 0 Å². The van der Waals surface area contributed by atoms with E-state index in [2.05, 4.69) is 76.3 Å². The Morgan fingerprint density at radius 3 is 2.29 bits per heavy atom. The maximum absolute atomic E-state index is 2.23. The van der Waals surface area contributed by atoms with Gasteiger partial charge in [0.1, 0.15) is 0 Å². The summed E-state index contributed by atoms with van der Waals surface area (Å²) in [6.45, 7) is 8.45. The van der Waals surface area contributed by atoms with Crippen molar-refractivity contribution >= 4 is 0 Å². The number of hydrogen-bond donors (Lipinski definition) is 0. The molecule has 1 rings (SSSR count). The molecule has 0 amide bonds. The average molecular weight is 226 g/mol. The van der Waals surface area contributed by atoms with Crippen LogP contribution in [0.2, 0.25) is 0 Å². The minimum Gasteiger partial charge on any atom is -0.0871 e. The molecule has 0 heterocycles. The molecule has 0 heteroatoms. The normalized spacial score (nSPS) is 17.1. The van der Waals surface area contributed by atoms with E-state index >= 15 is 0 Å². The Labute approximate surface area is 105 Å². The van der Waals surface area contributed by atoms with Crippen LogP contribution in [0.25, 0.3) is 0 Å². The SMILES string of the molecule is C\C=C/C(=C/C(C)=C/C)C(C)=C1C=CCC=C1. The summed E-state index contributed by atoms with van der Waals surface area (Å²) < 4.78 is 0. The van der Waals surface area contributed by atoms with Gasteiger partial charge in [-0.25, -0.2) is 0 Å². The molecule has 0 aromatic carbocycles. The lowest BCUT2D eigenvalue weighted by Crippen LogP contribution is -1.90. The summed E-state index contributed by atoms with van der Waals surface area (Å²) in [5.74, 6) is 0. The second-order valence-corrected chi connectivity index (χ2v) is 4.25. The van der Waals surface area contributed by atoms with Crippen LogP contribution in [0.1, 0.15) is 34.1 Å². The van der Waals surface area contributed by atoms with Gasteiger partial charge in [-0.15, -0.1) is 0 Å². The molecule has 0 aliphatic heterocycles. The van der Waals surface area contributed by atoms with Gasteiger partial charge in [0.15, 0.2) is 0 Å². The van der Waals surface area contributed by atoms with Crippen molar-refractivity contribution in [1.29, 1.82) is 0 Å². The van der Waals surface area contributed by atoms with Gasteiger partial charge in [-0.3, -0.25) is 0 Å². The van der Waals surface area contributed by atoms with Crippen LogP contribution in [-0.4, -0.2) is 0 Å². The van der Waals surface area contributed by atoms with Crippen LogP contribution < -0.4 is 0 Å². The van der Waals surface area contributed by atoms with Crippen LogP contribution in [0.15, 0.2) is 70.9 Å². The predicted octanol–water partition coefficient (Wildman–Crippen LogP) is 5.29. The van der Waals surface area contributed by atoms with Gasteiger partial charge in [-0.05, 0) is 50.8 Å². The average Bonchev–Trinajstić information content (AvgIpc) is 2.38. The van der Waals surface area contributed by atoms with Crippen molar-refractivity contribution in [3.8, 4) is 0 Å². The highest BCUT2D eigenvalue weighted by Crippen LogP contribution is 2.22. The Morgan fingerprint density at radius 2 is 1.76 bits per heavy atom. The van der Waals surface area contributed by atoms with Gasteiger partial charge in [0, 0.05) is 0 Å². The second-order valence-electron chi connectivity index (χ2n) is 4.25. The zero-order chi connectivity index (χ0) is 12.7. The molecule has 0 radical (unpaired) electrons. The van der Waals surface area contributed by atoms with E-state index in [-0.39, 0.29) is 0 Å². The summed E-state index contributed by atoms with van der Waals surface area (Å²) in [6, 6.07) is 0. The molecule has 1 aliphatic carbocycles. The fourth-order valence-corrected chi connectivity index (χ4v) is 1.73. The van der Waals surface area contributed by atoms with Gasteiger partial charge in [0.25, 0.3) is 0 Å². The minimum absolute atomic E-state index is 1.05. The number of hydrogen-bond acceptors (Lipinski definition) is 0. The van der Waals surface area contributed by atoms with Gasteiger partial charge >= 0.3 is 0 Å². The van der Waals surface area contributed by atoms with E-state index in [0.717, 1.165) is 6.42 Å². The standard InChI is InChI=1S/C17H22/c1-5-10-17(13-14(3)6-2)15(4)16-11-8-7-9-12-16/h5-6,8-13H,7H2,1-4H3/b10-5-,14-6+,17-13-. The first-order valence-corrected chi connectivity index (χ1v) is 6.20. The minimum atomic E-state index is 1.05. The Hall–Kier alpha value is -1.56. The van der Waals surface area contributed by atoms with Crippen molar-refractivity contribution in [1.82, 2.24) is 0 Å². The molecule has 0 nitrogen and oxygen atoms in total. The smallest absolute Gasteiger partial charge is 0.0162 e. The summed E-state index contributed by atoms with van der Waals surface area (Å²) in [6.07, 6.45) is 18.5. The summed E-state index contributed by atoms with van der Waals surface area (Å²) in [5, 5.41) is 0.